The normalized spacial score (nSPS) is 11.8. The van der Waals surface area contributed by atoms with Gasteiger partial charge >= 0.3 is 0 Å². The molecule has 2 aromatic heterocycles. The summed E-state index contributed by atoms with van der Waals surface area (Å²) in [7, 11) is 1.77. The van der Waals surface area contributed by atoms with E-state index in [-0.39, 0.29) is 11.9 Å². The number of rotatable bonds is 6. The number of hydrogen-bond acceptors (Lipinski definition) is 5. The molecule has 1 aromatic carbocycles. The second-order valence-electron chi connectivity index (χ2n) is 6.17. The minimum atomic E-state index is -0.175. The number of carbonyl (C=O) groups excluding carboxylic acids is 1. The van der Waals surface area contributed by atoms with Crippen molar-refractivity contribution < 1.29 is 9.32 Å². The Morgan fingerprint density at radius 3 is 2.77 bits per heavy atom. The molecule has 134 valence electrons. The van der Waals surface area contributed by atoms with Crippen molar-refractivity contribution in [2.24, 2.45) is 0 Å². The van der Waals surface area contributed by atoms with Crippen molar-refractivity contribution in [2.45, 2.75) is 26.4 Å². The molecule has 0 spiro atoms. The molecule has 1 N–H and O–H groups in total. The lowest BCUT2D eigenvalue weighted by molar-refractivity contribution is 0.0737. The zero-order valence-corrected chi connectivity index (χ0v) is 15.1. The molecule has 0 saturated heterocycles. The Balaban J connectivity index is 1.76. The van der Waals surface area contributed by atoms with Crippen LogP contribution in [0.4, 0.5) is 5.69 Å². The fraction of sp³-hybridized carbons (Fsp3) is 0.250. The average molecular weight is 350 g/mol. The van der Waals surface area contributed by atoms with Crippen LogP contribution >= 0.6 is 0 Å². The van der Waals surface area contributed by atoms with Gasteiger partial charge in [-0.1, -0.05) is 17.3 Å². The third-order valence-electron chi connectivity index (χ3n) is 4.54. The lowest BCUT2D eigenvalue weighted by Crippen LogP contribution is -2.30. The first-order valence-corrected chi connectivity index (χ1v) is 8.48. The highest BCUT2D eigenvalue weighted by molar-refractivity contribution is 5.97. The van der Waals surface area contributed by atoms with Gasteiger partial charge in [0.05, 0.1) is 18.3 Å². The molecule has 0 aliphatic rings. The molecule has 0 fully saturated rings. The number of anilines is 1. The van der Waals surface area contributed by atoms with E-state index in [9.17, 15) is 4.79 Å². The summed E-state index contributed by atoms with van der Waals surface area (Å²) in [4.78, 5) is 18.9. The predicted octanol–water partition coefficient (Wildman–Crippen LogP) is 3.82. The largest absolute Gasteiger partial charge is 0.379 e. The van der Waals surface area contributed by atoms with E-state index in [0.717, 1.165) is 22.6 Å². The molecule has 0 unspecified atom stereocenters. The van der Waals surface area contributed by atoms with Crippen LogP contribution in [0.15, 0.2) is 59.4 Å². The van der Waals surface area contributed by atoms with Gasteiger partial charge in [0.1, 0.15) is 12.0 Å². The summed E-state index contributed by atoms with van der Waals surface area (Å²) in [5, 5.41) is 7.29. The van der Waals surface area contributed by atoms with Gasteiger partial charge in [0.15, 0.2) is 0 Å². The number of hydrogen-bond donors (Lipinski definition) is 1. The molecular weight excluding hydrogens is 328 g/mol. The number of amides is 1. The van der Waals surface area contributed by atoms with E-state index in [1.54, 1.807) is 24.2 Å². The molecule has 0 radical (unpaired) electrons. The number of pyridine rings is 1. The minimum absolute atomic E-state index is 0.0560. The van der Waals surface area contributed by atoms with Crippen molar-refractivity contribution >= 4 is 11.6 Å². The highest BCUT2D eigenvalue weighted by Crippen LogP contribution is 2.24. The molecule has 3 rings (SSSR count). The number of benzene rings is 1. The third-order valence-corrected chi connectivity index (χ3v) is 4.54. The Hall–Kier alpha value is -3.15. The zero-order valence-electron chi connectivity index (χ0n) is 15.1. The van der Waals surface area contributed by atoms with Crippen molar-refractivity contribution in [1.29, 1.82) is 0 Å². The van der Waals surface area contributed by atoms with E-state index >= 15 is 0 Å². The summed E-state index contributed by atoms with van der Waals surface area (Å²) >= 11 is 0. The van der Waals surface area contributed by atoms with Crippen molar-refractivity contribution in [3.8, 4) is 0 Å². The minimum Gasteiger partial charge on any atom is -0.379 e. The van der Waals surface area contributed by atoms with Gasteiger partial charge in [-0.05, 0) is 43.7 Å². The van der Waals surface area contributed by atoms with Crippen LogP contribution in [0.2, 0.25) is 0 Å². The van der Waals surface area contributed by atoms with Crippen molar-refractivity contribution in [2.75, 3.05) is 12.4 Å². The van der Waals surface area contributed by atoms with Crippen LogP contribution in [0.3, 0.4) is 0 Å². The van der Waals surface area contributed by atoms with Gasteiger partial charge in [-0.2, -0.15) is 0 Å². The Kier molecular flexibility index (Phi) is 5.31. The van der Waals surface area contributed by atoms with Crippen LogP contribution in [0.25, 0.3) is 0 Å². The number of nitrogens with zero attached hydrogens (tertiary/aromatic N) is 3. The van der Waals surface area contributed by atoms with Crippen LogP contribution in [-0.4, -0.2) is 28.0 Å². The molecule has 6 nitrogen and oxygen atoms in total. The Bertz CT molecular complexity index is 863. The van der Waals surface area contributed by atoms with Gasteiger partial charge in [0.25, 0.3) is 5.91 Å². The van der Waals surface area contributed by atoms with E-state index in [4.69, 9.17) is 4.52 Å². The SMILES string of the molecule is Cc1c(NCc2ccccn2)cccc1C(=O)N(C)[C@H](C)c1ccon1. The Labute approximate surface area is 152 Å². The number of carbonyl (C=O) groups is 1. The van der Waals surface area contributed by atoms with Crippen molar-refractivity contribution in [1.82, 2.24) is 15.0 Å². The first kappa shape index (κ1) is 17.7. The topological polar surface area (TPSA) is 71.3 Å². The van der Waals surface area contributed by atoms with Gasteiger partial charge in [-0.3, -0.25) is 9.78 Å². The van der Waals surface area contributed by atoms with Crippen LogP contribution in [-0.2, 0) is 6.54 Å². The number of aromatic nitrogens is 2. The summed E-state index contributed by atoms with van der Waals surface area (Å²) in [6.07, 6.45) is 3.28. The molecule has 0 aliphatic heterocycles. The van der Waals surface area contributed by atoms with Crippen LogP contribution in [0.5, 0.6) is 0 Å². The van der Waals surface area contributed by atoms with Gasteiger partial charge in [0, 0.05) is 30.6 Å². The fourth-order valence-corrected chi connectivity index (χ4v) is 2.75. The van der Waals surface area contributed by atoms with Gasteiger partial charge in [0.2, 0.25) is 0 Å². The quantitative estimate of drug-likeness (QED) is 0.732. The molecule has 0 saturated carbocycles. The summed E-state index contributed by atoms with van der Waals surface area (Å²) in [6, 6.07) is 13.1. The van der Waals surface area contributed by atoms with Crippen LogP contribution in [0, 0.1) is 6.92 Å². The molecule has 2 heterocycles. The average Bonchev–Trinajstić information content (AvgIpc) is 3.21. The third kappa shape index (κ3) is 3.74. The zero-order chi connectivity index (χ0) is 18.5. The van der Waals surface area contributed by atoms with E-state index in [1.165, 1.54) is 6.26 Å². The Morgan fingerprint density at radius 2 is 2.08 bits per heavy atom. The molecule has 26 heavy (non-hydrogen) atoms. The second-order valence-corrected chi connectivity index (χ2v) is 6.17. The van der Waals surface area contributed by atoms with E-state index in [1.807, 2.05) is 50.2 Å². The van der Waals surface area contributed by atoms with Crippen LogP contribution in [0.1, 0.15) is 40.3 Å². The molecule has 1 atom stereocenters. The summed E-state index contributed by atoms with van der Waals surface area (Å²) in [6.45, 7) is 4.47. The monoisotopic (exact) mass is 350 g/mol. The predicted molar refractivity (Wildman–Crippen MR) is 99.8 cm³/mol. The smallest absolute Gasteiger partial charge is 0.254 e. The first-order chi connectivity index (χ1) is 12.6. The lowest BCUT2D eigenvalue weighted by atomic mass is 10.0. The Morgan fingerprint density at radius 1 is 1.23 bits per heavy atom. The molecular formula is C20H22N4O2. The maximum Gasteiger partial charge on any atom is 0.254 e. The molecule has 0 bridgehead atoms. The van der Waals surface area contributed by atoms with Crippen LogP contribution < -0.4 is 5.32 Å². The first-order valence-electron chi connectivity index (χ1n) is 8.48. The standard InChI is InChI=1S/C20H22N4O2/c1-14-17(20(25)24(3)15(2)19-10-12-26-23-19)8-6-9-18(14)22-13-16-7-4-5-11-21-16/h4-12,15,22H,13H2,1-3H3/t15-/m1/s1. The fourth-order valence-electron chi connectivity index (χ4n) is 2.75. The highest BCUT2D eigenvalue weighted by atomic mass is 16.5. The number of nitrogens with one attached hydrogen (secondary N) is 1. The van der Waals surface area contributed by atoms with Gasteiger partial charge in [-0.15, -0.1) is 0 Å². The maximum absolute atomic E-state index is 13.0. The summed E-state index contributed by atoms with van der Waals surface area (Å²) in [5.74, 6) is -0.0560. The van der Waals surface area contributed by atoms with Crippen molar-refractivity contribution in [3.05, 3.63) is 77.4 Å². The van der Waals surface area contributed by atoms with Gasteiger partial charge < -0.3 is 14.7 Å². The van der Waals surface area contributed by atoms with Crippen molar-refractivity contribution in [3.63, 3.8) is 0 Å². The second kappa shape index (κ2) is 7.82. The van der Waals surface area contributed by atoms with E-state index in [0.29, 0.717) is 12.1 Å². The van der Waals surface area contributed by atoms with E-state index < -0.39 is 0 Å². The maximum atomic E-state index is 13.0. The highest BCUT2D eigenvalue weighted by Gasteiger charge is 2.22. The lowest BCUT2D eigenvalue weighted by Gasteiger charge is -2.24. The summed E-state index contributed by atoms with van der Waals surface area (Å²) < 4.78 is 4.88. The van der Waals surface area contributed by atoms with E-state index in [2.05, 4.69) is 15.5 Å². The molecule has 0 aliphatic carbocycles. The molecule has 6 heteroatoms. The molecule has 1 amide bonds. The molecule has 3 aromatic rings. The summed E-state index contributed by atoms with van der Waals surface area (Å²) in [5.41, 5.74) is 4.16. The van der Waals surface area contributed by atoms with Gasteiger partial charge in [-0.25, -0.2) is 0 Å².